The van der Waals surface area contributed by atoms with Gasteiger partial charge < -0.3 is 25.4 Å². The summed E-state index contributed by atoms with van der Waals surface area (Å²) in [5.41, 5.74) is 0.776. The van der Waals surface area contributed by atoms with Crippen LogP contribution in [0, 0.1) is 5.92 Å². The Kier molecular flexibility index (Phi) is 8.56. The lowest BCUT2D eigenvalue weighted by Gasteiger charge is -2.20. The molecule has 2 aromatic rings. The van der Waals surface area contributed by atoms with Gasteiger partial charge in [-0.2, -0.15) is 0 Å². The predicted octanol–water partition coefficient (Wildman–Crippen LogP) is 2.65. The second kappa shape index (κ2) is 11.1. The number of hydrogen-bond donors (Lipinski definition) is 3. The van der Waals surface area contributed by atoms with E-state index < -0.39 is 24.5 Å². The Bertz CT molecular complexity index is 943. The largest absolute Gasteiger partial charge is 0.495 e. The quantitative estimate of drug-likeness (QED) is 0.508. The zero-order valence-corrected chi connectivity index (χ0v) is 18.5. The smallest absolute Gasteiger partial charge is 0.329 e. The fraction of sp³-hybridized carbons (Fsp3) is 0.333. The van der Waals surface area contributed by atoms with Gasteiger partial charge >= 0.3 is 5.97 Å². The van der Waals surface area contributed by atoms with E-state index in [0.29, 0.717) is 22.0 Å². The number of amides is 3. The summed E-state index contributed by atoms with van der Waals surface area (Å²) in [5, 5.41) is 9.59. The molecule has 1 heterocycles. The van der Waals surface area contributed by atoms with Crippen LogP contribution in [-0.4, -0.2) is 43.4 Å². The molecule has 0 radical (unpaired) electrons. The maximum Gasteiger partial charge on any atom is 0.329 e. The van der Waals surface area contributed by atoms with Gasteiger partial charge in [0, 0.05) is 12.6 Å². The summed E-state index contributed by atoms with van der Waals surface area (Å²) in [6.07, 6.45) is 0. The summed E-state index contributed by atoms with van der Waals surface area (Å²) < 4.78 is 10.3. The molecule has 0 bridgehead atoms. The van der Waals surface area contributed by atoms with E-state index in [1.165, 1.54) is 31.4 Å². The Morgan fingerprint density at radius 2 is 1.84 bits per heavy atom. The van der Waals surface area contributed by atoms with Gasteiger partial charge in [0.2, 0.25) is 5.91 Å². The minimum atomic E-state index is -0.903. The number of thiophene rings is 1. The second-order valence-electron chi connectivity index (χ2n) is 6.92. The maximum absolute atomic E-state index is 12.5. The number of esters is 1. The molecule has 10 heteroatoms. The molecule has 0 saturated carbocycles. The average Bonchev–Trinajstić information content (AvgIpc) is 3.24. The maximum atomic E-state index is 12.5. The first-order valence-corrected chi connectivity index (χ1v) is 10.4. The van der Waals surface area contributed by atoms with Crippen LogP contribution in [0.3, 0.4) is 0 Å². The van der Waals surface area contributed by atoms with Gasteiger partial charge in [0.25, 0.3) is 11.8 Å². The van der Waals surface area contributed by atoms with E-state index in [4.69, 9.17) is 9.47 Å². The zero-order chi connectivity index (χ0) is 23.0. The molecule has 0 aliphatic rings. The molecule has 31 heavy (non-hydrogen) atoms. The van der Waals surface area contributed by atoms with E-state index >= 15 is 0 Å². The number of methoxy groups -OCH3 is 1. The lowest BCUT2D eigenvalue weighted by Crippen LogP contribution is -2.45. The van der Waals surface area contributed by atoms with E-state index in [1.807, 2.05) is 0 Å². The van der Waals surface area contributed by atoms with Gasteiger partial charge in [0.05, 0.1) is 17.7 Å². The van der Waals surface area contributed by atoms with E-state index in [9.17, 15) is 19.2 Å². The molecule has 0 fully saturated rings. The third-order valence-corrected chi connectivity index (χ3v) is 4.96. The van der Waals surface area contributed by atoms with Crippen LogP contribution >= 0.6 is 11.3 Å². The van der Waals surface area contributed by atoms with Crippen LogP contribution in [0.5, 0.6) is 5.75 Å². The molecule has 3 amide bonds. The standard InChI is InChI=1S/C21H25N3O6S/c1-12(2)19(24-20(27)17-6-5-9-31-17)21(28)30-11-18(26)23-15-10-14(22-13(3)25)7-8-16(15)29-4/h5-10,12,19H,11H2,1-4H3,(H,22,25)(H,23,26)(H,24,27). The van der Waals surface area contributed by atoms with Gasteiger partial charge in [0.15, 0.2) is 6.61 Å². The molecule has 3 N–H and O–H groups in total. The van der Waals surface area contributed by atoms with Crippen molar-refractivity contribution in [3.8, 4) is 5.75 Å². The van der Waals surface area contributed by atoms with Crippen molar-refractivity contribution in [3.05, 3.63) is 40.6 Å². The van der Waals surface area contributed by atoms with Crippen LogP contribution in [0.25, 0.3) is 0 Å². The van der Waals surface area contributed by atoms with Crippen LogP contribution in [0.4, 0.5) is 11.4 Å². The summed E-state index contributed by atoms with van der Waals surface area (Å²) in [6, 6.07) is 7.22. The second-order valence-corrected chi connectivity index (χ2v) is 7.87. The topological polar surface area (TPSA) is 123 Å². The first kappa shape index (κ1) is 23.9. The Balaban J connectivity index is 1.98. The highest BCUT2D eigenvalue weighted by Gasteiger charge is 2.27. The van der Waals surface area contributed by atoms with Gasteiger partial charge in [-0.15, -0.1) is 11.3 Å². The fourth-order valence-electron chi connectivity index (χ4n) is 2.62. The highest BCUT2D eigenvalue weighted by molar-refractivity contribution is 7.12. The van der Waals surface area contributed by atoms with E-state index in [1.54, 1.807) is 43.5 Å². The fourth-order valence-corrected chi connectivity index (χ4v) is 3.24. The number of benzene rings is 1. The number of rotatable bonds is 9. The van der Waals surface area contributed by atoms with Gasteiger partial charge in [-0.25, -0.2) is 4.79 Å². The molecule has 0 aliphatic heterocycles. The highest BCUT2D eigenvalue weighted by Crippen LogP contribution is 2.27. The molecule has 1 aromatic heterocycles. The summed E-state index contributed by atoms with van der Waals surface area (Å²) in [6.45, 7) is 4.34. The van der Waals surface area contributed by atoms with Gasteiger partial charge in [0.1, 0.15) is 11.8 Å². The van der Waals surface area contributed by atoms with Gasteiger partial charge in [-0.3, -0.25) is 14.4 Å². The molecular weight excluding hydrogens is 422 g/mol. The Morgan fingerprint density at radius 1 is 1.10 bits per heavy atom. The molecule has 1 atom stereocenters. The third-order valence-electron chi connectivity index (χ3n) is 4.09. The number of hydrogen-bond acceptors (Lipinski definition) is 7. The summed E-state index contributed by atoms with van der Waals surface area (Å²) >= 11 is 1.26. The molecular formula is C21H25N3O6S. The van der Waals surface area contributed by atoms with Crippen molar-refractivity contribution < 1.29 is 28.7 Å². The van der Waals surface area contributed by atoms with Crippen molar-refractivity contribution in [1.29, 1.82) is 0 Å². The summed E-state index contributed by atoms with van der Waals surface area (Å²) in [5.74, 6) is -1.82. The number of nitrogens with one attached hydrogen (secondary N) is 3. The molecule has 166 valence electrons. The summed E-state index contributed by atoms with van der Waals surface area (Å²) in [7, 11) is 1.44. The van der Waals surface area contributed by atoms with Crippen molar-refractivity contribution in [2.45, 2.75) is 26.8 Å². The Morgan fingerprint density at radius 3 is 2.42 bits per heavy atom. The van der Waals surface area contributed by atoms with Crippen molar-refractivity contribution in [2.24, 2.45) is 5.92 Å². The minimum absolute atomic E-state index is 0.242. The van der Waals surface area contributed by atoms with Crippen LogP contribution in [0.1, 0.15) is 30.4 Å². The van der Waals surface area contributed by atoms with E-state index in [2.05, 4.69) is 16.0 Å². The van der Waals surface area contributed by atoms with Crippen molar-refractivity contribution in [3.63, 3.8) is 0 Å². The van der Waals surface area contributed by atoms with Gasteiger partial charge in [-0.05, 0) is 35.6 Å². The highest BCUT2D eigenvalue weighted by atomic mass is 32.1. The first-order valence-electron chi connectivity index (χ1n) is 9.47. The van der Waals surface area contributed by atoms with Crippen LogP contribution in [0.2, 0.25) is 0 Å². The molecule has 0 spiro atoms. The normalized spacial score (nSPS) is 11.4. The minimum Gasteiger partial charge on any atom is -0.495 e. The Hall–Kier alpha value is -3.40. The number of carbonyl (C=O) groups is 4. The molecule has 1 unspecified atom stereocenters. The number of ether oxygens (including phenoxy) is 2. The van der Waals surface area contributed by atoms with Crippen molar-refractivity contribution >= 4 is 46.4 Å². The first-order chi connectivity index (χ1) is 14.7. The monoisotopic (exact) mass is 447 g/mol. The summed E-state index contributed by atoms with van der Waals surface area (Å²) in [4.78, 5) is 48.7. The SMILES string of the molecule is COc1ccc(NC(C)=O)cc1NC(=O)COC(=O)C(NC(=O)c1cccs1)C(C)C. The molecule has 9 nitrogen and oxygen atoms in total. The number of carbonyl (C=O) groups excluding carboxylic acids is 4. The predicted molar refractivity (Wildman–Crippen MR) is 117 cm³/mol. The van der Waals surface area contributed by atoms with Crippen molar-refractivity contribution in [2.75, 3.05) is 24.4 Å². The van der Waals surface area contributed by atoms with E-state index in [-0.39, 0.29) is 17.7 Å². The molecule has 1 aromatic carbocycles. The van der Waals surface area contributed by atoms with Crippen LogP contribution < -0.4 is 20.7 Å². The molecule has 2 rings (SSSR count). The average molecular weight is 448 g/mol. The Labute approximate surface area is 184 Å². The van der Waals surface area contributed by atoms with E-state index in [0.717, 1.165) is 0 Å². The molecule has 0 saturated heterocycles. The lowest BCUT2D eigenvalue weighted by molar-refractivity contribution is -0.150. The van der Waals surface area contributed by atoms with Gasteiger partial charge in [-0.1, -0.05) is 19.9 Å². The number of anilines is 2. The van der Waals surface area contributed by atoms with Crippen LogP contribution in [0.15, 0.2) is 35.7 Å². The third kappa shape index (κ3) is 7.10. The van der Waals surface area contributed by atoms with Crippen LogP contribution in [-0.2, 0) is 19.1 Å². The molecule has 0 aliphatic carbocycles. The zero-order valence-electron chi connectivity index (χ0n) is 17.7. The van der Waals surface area contributed by atoms with Crippen molar-refractivity contribution in [1.82, 2.24) is 5.32 Å². The lowest BCUT2D eigenvalue weighted by atomic mass is 10.0.